The molecule has 5 rings (SSSR count). The highest BCUT2D eigenvalue weighted by molar-refractivity contribution is 5.97. The number of rotatable bonds is 4. The van der Waals surface area contributed by atoms with Gasteiger partial charge < -0.3 is 10.2 Å². The van der Waals surface area contributed by atoms with E-state index in [0.29, 0.717) is 16.8 Å². The van der Waals surface area contributed by atoms with Crippen molar-refractivity contribution in [3.8, 4) is 56.1 Å². The number of phenols is 2. The Kier molecular flexibility index (Phi) is 5.60. The summed E-state index contributed by atoms with van der Waals surface area (Å²) in [6, 6.07) is 31.3. The van der Waals surface area contributed by atoms with Crippen molar-refractivity contribution >= 4 is 0 Å². The third-order valence-corrected chi connectivity index (χ3v) is 6.12. The van der Waals surface area contributed by atoms with Gasteiger partial charge in [-0.3, -0.25) is 4.98 Å². The van der Waals surface area contributed by atoms with Crippen LogP contribution in [0.15, 0.2) is 103 Å². The van der Waals surface area contributed by atoms with Crippen molar-refractivity contribution in [2.75, 3.05) is 0 Å². The molecular weight excluding hydrogens is 418 g/mol. The van der Waals surface area contributed by atoms with Gasteiger partial charge in [0, 0.05) is 17.3 Å². The van der Waals surface area contributed by atoms with Crippen molar-refractivity contribution in [2.24, 2.45) is 0 Å². The second-order valence-corrected chi connectivity index (χ2v) is 8.53. The molecule has 0 aliphatic rings. The van der Waals surface area contributed by atoms with Gasteiger partial charge in [-0.1, -0.05) is 90.0 Å². The second kappa shape index (κ2) is 8.87. The van der Waals surface area contributed by atoms with E-state index in [1.807, 2.05) is 48.5 Å². The van der Waals surface area contributed by atoms with Crippen molar-refractivity contribution in [3.05, 3.63) is 114 Å². The van der Waals surface area contributed by atoms with Crippen LogP contribution in [0.25, 0.3) is 44.6 Å². The van der Waals surface area contributed by atoms with E-state index in [1.54, 1.807) is 18.3 Å². The number of hydrogen-bond donors (Lipinski definition) is 2. The minimum absolute atomic E-state index is 0.144. The van der Waals surface area contributed by atoms with E-state index < -0.39 is 0 Å². The molecule has 0 aliphatic heterocycles. The first-order chi connectivity index (χ1) is 16.5. The van der Waals surface area contributed by atoms with Gasteiger partial charge in [0.2, 0.25) is 0 Å². The van der Waals surface area contributed by atoms with E-state index in [0.717, 1.165) is 27.8 Å². The summed E-state index contributed by atoms with van der Waals surface area (Å²) in [4.78, 5) is 4.71. The first-order valence-electron chi connectivity index (χ1n) is 11.3. The predicted molar refractivity (Wildman–Crippen MR) is 139 cm³/mol. The highest BCUT2D eigenvalue weighted by atomic mass is 16.3. The highest BCUT2D eigenvalue weighted by Gasteiger charge is 2.21. The molecule has 0 unspecified atom stereocenters. The molecule has 0 saturated carbocycles. The molecule has 166 valence electrons. The smallest absolute Gasteiger partial charge is 0.125 e. The van der Waals surface area contributed by atoms with Gasteiger partial charge in [0.15, 0.2) is 0 Å². The molecule has 0 aliphatic carbocycles. The van der Waals surface area contributed by atoms with Crippen LogP contribution in [0.2, 0.25) is 0 Å². The molecule has 5 aromatic rings. The Morgan fingerprint density at radius 2 is 0.971 bits per heavy atom. The molecule has 34 heavy (non-hydrogen) atoms. The topological polar surface area (TPSA) is 53.4 Å². The molecule has 0 bridgehead atoms. The molecule has 0 radical (unpaired) electrons. The van der Waals surface area contributed by atoms with Gasteiger partial charge in [0.05, 0.1) is 11.3 Å². The van der Waals surface area contributed by atoms with Gasteiger partial charge in [-0.25, -0.2) is 0 Å². The minimum Gasteiger partial charge on any atom is -0.507 e. The molecule has 4 aromatic carbocycles. The molecule has 1 aromatic heterocycles. The summed E-state index contributed by atoms with van der Waals surface area (Å²) in [6.07, 6.45) is 1.72. The molecular formula is C31H25NO2. The maximum Gasteiger partial charge on any atom is 0.125 e. The van der Waals surface area contributed by atoms with E-state index in [1.165, 1.54) is 11.1 Å². The second-order valence-electron chi connectivity index (χ2n) is 8.53. The SMILES string of the molecule is Cc1ccc(-c2cccc(O)c2-c2cccnc2-c2c(O)cccc2-c2ccc(C)cc2)cc1. The molecule has 0 spiro atoms. The zero-order valence-electron chi connectivity index (χ0n) is 19.2. The quantitative estimate of drug-likeness (QED) is 0.298. The molecule has 0 atom stereocenters. The summed E-state index contributed by atoms with van der Waals surface area (Å²) in [5.74, 6) is 0.310. The fourth-order valence-electron chi connectivity index (χ4n) is 4.37. The van der Waals surface area contributed by atoms with Crippen LogP contribution in [-0.4, -0.2) is 15.2 Å². The summed E-state index contributed by atoms with van der Waals surface area (Å²) in [5, 5.41) is 22.0. The first kappa shape index (κ1) is 21.5. The van der Waals surface area contributed by atoms with Crippen molar-refractivity contribution in [3.63, 3.8) is 0 Å². The maximum atomic E-state index is 11.0. The summed E-state index contributed by atoms with van der Waals surface area (Å²) in [5.41, 5.74) is 8.82. The van der Waals surface area contributed by atoms with E-state index in [-0.39, 0.29) is 11.5 Å². The number of aromatic hydroxyl groups is 2. The number of phenolic OH excluding ortho intramolecular Hbond substituents is 2. The number of nitrogens with zero attached hydrogens (tertiary/aromatic N) is 1. The molecule has 2 N–H and O–H groups in total. The Morgan fingerprint density at radius 3 is 1.53 bits per heavy atom. The fraction of sp³-hybridized carbons (Fsp3) is 0.0645. The summed E-state index contributed by atoms with van der Waals surface area (Å²) in [6.45, 7) is 4.10. The van der Waals surface area contributed by atoms with E-state index in [9.17, 15) is 10.2 Å². The van der Waals surface area contributed by atoms with Crippen molar-refractivity contribution in [2.45, 2.75) is 13.8 Å². The lowest BCUT2D eigenvalue weighted by molar-refractivity contribution is 0.476. The van der Waals surface area contributed by atoms with Gasteiger partial charge >= 0.3 is 0 Å². The Morgan fingerprint density at radius 1 is 0.500 bits per heavy atom. The maximum absolute atomic E-state index is 11.0. The number of pyridine rings is 1. The molecule has 3 nitrogen and oxygen atoms in total. The molecule has 0 fully saturated rings. The number of benzene rings is 4. The Bertz CT molecular complexity index is 1360. The lowest BCUT2D eigenvalue weighted by atomic mass is 9.88. The molecule has 3 heteroatoms. The number of aryl methyl sites for hydroxylation is 2. The normalized spacial score (nSPS) is 10.9. The van der Waals surface area contributed by atoms with Crippen LogP contribution < -0.4 is 0 Å². The van der Waals surface area contributed by atoms with Crippen LogP contribution in [0.1, 0.15) is 11.1 Å². The van der Waals surface area contributed by atoms with E-state index in [4.69, 9.17) is 4.98 Å². The predicted octanol–water partition coefficient (Wildman–Crippen LogP) is 7.78. The standard InChI is InChI=1S/C31H25NO2/c1-20-11-15-22(16-12-20)24-6-3-9-27(33)29(24)26-8-5-19-32-31(26)30-25(7-4-10-28(30)34)23-17-13-21(2)14-18-23/h3-19,33-34H,1-2H3. The summed E-state index contributed by atoms with van der Waals surface area (Å²) >= 11 is 0. The summed E-state index contributed by atoms with van der Waals surface area (Å²) in [7, 11) is 0. The Balaban J connectivity index is 1.78. The van der Waals surface area contributed by atoms with Crippen LogP contribution in [0.3, 0.4) is 0 Å². The molecule has 1 heterocycles. The summed E-state index contributed by atoms with van der Waals surface area (Å²) < 4.78 is 0. The zero-order chi connectivity index (χ0) is 23.7. The van der Waals surface area contributed by atoms with Gasteiger partial charge in [0.25, 0.3) is 0 Å². The van der Waals surface area contributed by atoms with Crippen molar-refractivity contribution in [1.29, 1.82) is 0 Å². The van der Waals surface area contributed by atoms with Crippen LogP contribution >= 0.6 is 0 Å². The molecule has 0 amide bonds. The minimum atomic E-state index is 0.144. The monoisotopic (exact) mass is 443 g/mol. The van der Waals surface area contributed by atoms with Gasteiger partial charge in [-0.15, -0.1) is 0 Å². The fourth-order valence-corrected chi connectivity index (χ4v) is 4.37. The van der Waals surface area contributed by atoms with Gasteiger partial charge in [-0.05, 0) is 54.3 Å². The average Bonchev–Trinajstić information content (AvgIpc) is 2.85. The lowest BCUT2D eigenvalue weighted by Crippen LogP contribution is -1.95. The van der Waals surface area contributed by atoms with Gasteiger partial charge in [-0.2, -0.15) is 0 Å². The third-order valence-electron chi connectivity index (χ3n) is 6.12. The lowest BCUT2D eigenvalue weighted by Gasteiger charge is -2.18. The highest BCUT2D eigenvalue weighted by Crippen LogP contribution is 2.46. The Hall–Kier alpha value is -4.37. The van der Waals surface area contributed by atoms with Crippen LogP contribution in [-0.2, 0) is 0 Å². The largest absolute Gasteiger partial charge is 0.507 e. The van der Waals surface area contributed by atoms with Crippen LogP contribution in [0.4, 0.5) is 0 Å². The van der Waals surface area contributed by atoms with E-state index >= 15 is 0 Å². The van der Waals surface area contributed by atoms with Crippen LogP contribution in [0.5, 0.6) is 11.5 Å². The number of hydrogen-bond acceptors (Lipinski definition) is 3. The van der Waals surface area contributed by atoms with E-state index in [2.05, 4.69) is 50.2 Å². The first-order valence-corrected chi connectivity index (χ1v) is 11.3. The Labute approximate surface area is 199 Å². The molecule has 0 saturated heterocycles. The van der Waals surface area contributed by atoms with Crippen molar-refractivity contribution in [1.82, 2.24) is 4.98 Å². The van der Waals surface area contributed by atoms with Gasteiger partial charge in [0.1, 0.15) is 11.5 Å². The zero-order valence-corrected chi connectivity index (χ0v) is 19.2. The van der Waals surface area contributed by atoms with Crippen LogP contribution in [0, 0.1) is 13.8 Å². The number of aromatic nitrogens is 1. The average molecular weight is 444 g/mol. The third kappa shape index (κ3) is 3.93. The van der Waals surface area contributed by atoms with Crippen molar-refractivity contribution < 1.29 is 10.2 Å².